The quantitative estimate of drug-likeness (QED) is 0.162. The SMILES string of the molecule is COc1ccc(/C=N/NC(=O)c2c(C)csc2NC(=O)c2cccc(C(S)c3nc[nH]n3)c2)cc1. The molecule has 35 heavy (non-hydrogen) atoms. The molecule has 0 aliphatic rings. The molecule has 0 aliphatic heterocycles. The number of ether oxygens (including phenoxy) is 1. The zero-order valence-corrected chi connectivity index (χ0v) is 20.6. The molecule has 0 aliphatic carbocycles. The Kier molecular flexibility index (Phi) is 7.58. The van der Waals surface area contributed by atoms with E-state index in [1.807, 2.05) is 18.2 Å². The van der Waals surface area contributed by atoms with Crippen molar-refractivity contribution in [3.8, 4) is 5.75 Å². The third-order valence-corrected chi connectivity index (χ3v) is 6.61. The molecule has 178 valence electrons. The van der Waals surface area contributed by atoms with Gasteiger partial charge in [0.2, 0.25) is 0 Å². The highest BCUT2D eigenvalue weighted by atomic mass is 32.1. The predicted molar refractivity (Wildman–Crippen MR) is 139 cm³/mol. The third-order valence-electron chi connectivity index (χ3n) is 5.07. The molecule has 1 atom stereocenters. The molecule has 2 amide bonds. The molecule has 0 spiro atoms. The van der Waals surface area contributed by atoms with Gasteiger partial charge in [-0.2, -0.15) is 22.8 Å². The molecule has 3 N–H and O–H groups in total. The van der Waals surface area contributed by atoms with Gasteiger partial charge in [0.05, 0.1) is 24.1 Å². The van der Waals surface area contributed by atoms with Gasteiger partial charge in [-0.1, -0.05) is 12.1 Å². The second kappa shape index (κ2) is 11.0. The molecule has 2 heterocycles. The number of methoxy groups -OCH3 is 1. The van der Waals surface area contributed by atoms with E-state index in [1.54, 1.807) is 49.7 Å². The lowest BCUT2D eigenvalue weighted by molar-refractivity contribution is 0.0956. The van der Waals surface area contributed by atoms with Gasteiger partial charge in [-0.25, -0.2) is 10.4 Å². The van der Waals surface area contributed by atoms with Crippen molar-refractivity contribution in [2.75, 3.05) is 12.4 Å². The highest BCUT2D eigenvalue weighted by molar-refractivity contribution is 7.80. The number of carbonyl (C=O) groups is 2. The van der Waals surface area contributed by atoms with Crippen LogP contribution in [0.5, 0.6) is 5.75 Å². The minimum absolute atomic E-state index is 0.347. The Morgan fingerprint density at radius 2 is 2.00 bits per heavy atom. The summed E-state index contributed by atoms with van der Waals surface area (Å²) in [6.07, 6.45) is 3.01. The third kappa shape index (κ3) is 5.76. The Morgan fingerprint density at radius 3 is 2.71 bits per heavy atom. The molecule has 2 aromatic carbocycles. The molecule has 1 unspecified atom stereocenters. The smallest absolute Gasteiger partial charge is 0.274 e. The van der Waals surface area contributed by atoms with E-state index in [1.165, 1.54) is 23.9 Å². The number of hydrazone groups is 1. The van der Waals surface area contributed by atoms with Gasteiger partial charge in [0, 0.05) is 5.56 Å². The predicted octanol–water partition coefficient (Wildman–Crippen LogP) is 4.22. The maximum absolute atomic E-state index is 13.0. The van der Waals surface area contributed by atoms with E-state index in [0.29, 0.717) is 22.0 Å². The Bertz CT molecular complexity index is 1350. The van der Waals surface area contributed by atoms with Gasteiger partial charge in [-0.15, -0.1) is 11.3 Å². The van der Waals surface area contributed by atoms with E-state index in [2.05, 4.69) is 43.7 Å². The van der Waals surface area contributed by atoms with Crippen LogP contribution in [-0.2, 0) is 0 Å². The van der Waals surface area contributed by atoms with Crippen molar-refractivity contribution >= 4 is 47.0 Å². The fourth-order valence-electron chi connectivity index (χ4n) is 3.25. The fraction of sp³-hybridized carbons (Fsp3) is 0.125. The number of carbonyl (C=O) groups excluding carboxylic acids is 2. The highest BCUT2D eigenvalue weighted by Crippen LogP contribution is 2.29. The molecule has 0 saturated carbocycles. The minimum Gasteiger partial charge on any atom is -0.497 e. The monoisotopic (exact) mass is 506 g/mol. The fourth-order valence-corrected chi connectivity index (χ4v) is 4.48. The number of H-pyrrole nitrogens is 1. The first-order valence-corrected chi connectivity index (χ1v) is 11.9. The second-order valence-electron chi connectivity index (χ2n) is 7.43. The van der Waals surface area contributed by atoms with Gasteiger partial charge in [0.25, 0.3) is 11.8 Å². The summed E-state index contributed by atoms with van der Waals surface area (Å²) in [4.78, 5) is 29.9. The molecule has 11 heteroatoms. The first-order valence-electron chi connectivity index (χ1n) is 10.5. The van der Waals surface area contributed by atoms with Crippen LogP contribution < -0.4 is 15.5 Å². The van der Waals surface area contributed by atoms with E-state index in [4.69, 9.17) is 4.74 Å². The molecule has 4 aromatic rings. The molecule has 0 radical (unpaired) electrons. The maximum Gasteiger partial charge on any atom is 0.274 e. The van der Waals surface area contributed by atoms with Crippen LogP contribution in [0.2, 0.25) is 0 Å². The maximum atomic E-state index is 13.0. The van der Waals surface area contributed by atoms with Crippen LogP contribution >= 0.6 is 24.0 Å². The minimum atomic E-state index is -0.419. The van der Waals surface area contributed by atoms with Crippen molar-refractivity contribution in [2.45, 2.75) is 12.2 Å². The Balaban J connectivity index is 1.45. The Hall–Kier alpha value is -3.96. The summed E-state index contributed by atoms with van der Waals surface area (Å²) in [7, 11) is 1.59. The number of aromatic nitrogens is 3. The number of thiophene rings is 1. The molecular weight excluding hydrogens is 484 g/mol. The van der Waals surface area contributed by atoms with Crippen molar-refractivity contribution in [3.63, 3.8) is 0 Å². The van der Waals surface area contributed by atoms with Gasteiger partial charge < -0.3 is 10.1 Å². The standard InChI is InChI=1S/C24H22N6O3S2/c1-14-12-35-24(19(14)23(32)30-26-11-15-6-8-18(33-2)9-7-15)28-22(31)17-5-3-4-16(10-17)20(34)21-25-13-27-29-21/h3-13,20,34H,1-2H3,(H,28,31)(H,30,32)(H,25,27,29)/b26-11+. The molecule has 0 fully saturated rings. The normalized spacial score (nSPS) is 11.9. The van der Waals surface area contributed by atoms with E-state index < -0.39 is 5.91 Å². The summed E-state index contributed by atoms with van der Waals surface area (Å²) in [5.74, 6) is 0.472. The number of anilines is 1. The summed E-state index contributed by atoms with van der Waals surface area (Å²) in [5.41, 5.74) is 5.61. The zero-order valence-electron chi connectivity index (χ0n) is 18.9. The lowest BCUT2D eigenvalue weighted by Crippen LogP contribution is -2.21. The van der Waals surface area contributed by atoms with Crippen LogP contribution in [0.25, 0.3) is 0 Å². The Morgan fingerprint density at radius 1 is 1.20 bits per heavy atom. The molecule has 0 bridgehead atoms. The number of aromatic amines is 1. The number of hydrogen-bond donors (Lipinski definition) is 4. The number of aryl methyl sites for hydroxylation is 1. The summed E-state index contributed by atoms with van der Waals surface area (Å²) in [6.45, 7) is 1.80. The van der Waals surface area contributed by atoms with Crippen LogP contribution in [0, 0.1) is 6.92 Å². The first-order chi connectivity index (χ1) is 17.0. The number of hydrogen-bond acceptors (Lipinski definition) is 8. The van der Waals surface area contributed by atoms with Gasteiger partial charge in [0.15, 0.2) is 5.82 Å². The lowest BCUT2D eigenvalue weighted by Gasteiger charge is -2.10. The summed E-state index contributed by atoms with van der Waals surface area (Å²) in [6, 6.07) is 14.3. The highest BCUT2D eigenvalue weighted by Gasteiger charge is 2.20. The van der Waals surface area contributed by atoms with Crippen molar-refractivity contribution in [2.24, 2.45) is 5.10 Å². The van der Waals surface area contributed by atoms with Crippen LogP contribution in [0.3, 0.4) is 0 Å². The summed E-state index contributed by atoms with van der Waals surface area (Å²) in [5, 5.41) is 15.4. The number of nitrogens with one attached hydrogen (secondary N) is 3. The largest absolute Gasteiger partial charge is 0.497 e. The average Bonchev–Trinajstić information content (AvgIpc) is 3.54. The van der Waals surface area contributed by atoms with Crippen LogP contribution in [0.15, 0.2) is 65.3 Å². The molecule has 2 aromatic heterocycles. The number of amides is 2. The van der Waals surface area contributed by atoms with Gasteiger partial charge in [-0.3, -0.25) is 14.7 Å². The number of nitrogens with zero attached hydrogens (tertiary/aromatic N) is 3. The Labute approximate surface area is 211 Å². The molecule has 4 rings (SSSR count). The van der Waals surface area contributed by atoms with Crippen molar-refractivity contribution in [1.29, 1.82) is 0 Å². The van der Waals surface area contributed by atoms with Crippen molar-refractivity contribution in [3.05, 3.63) is 93.9 Å². The van der Waals surface area contributed by atoms with Crippen molar-refractivity contribution < 1.29 is 14.3 Å². The van der Waals surface area contributed by atoms with Crippen molar-refractivity contribution in [1.82, 2.24) is 20.6 Å². The van der Waals surface area contributed by atoms with Crippen LogP contribution in [-0.4, -0.2) is 40.3 Å². The first kappa shape index (κ1) is 24.2. The van der Waals surface area contributed by atoms with E-state index in [0.717, 1.165) is 22.4 Å². The number of benzene rings is 2. The summed E-state index contributed by atoms with van der Waals surface area (Å²) >= 11 is 5.83. The zero-order chi connectivity index (χ0) is 24.8. The lowest BCUT2D eigenvalue weighted by atomic mass is 10.1. The van der Waals surface area contributed by atoms with Crippen LogP contribution in [0.4, 0.5) is 5.00 Å². The topological polar surface area (TPSA) is 121 Å². The molecular formula is C24H22N6O3S2. The molecule has 9 nitrogen and oxygen atoms in total. The van der Waals surface area contributed by atoms with E-state index >= 15 is 0 Å². The molecule has 0 saturated heterocycles. The summed E-state index contributed by atoms with van der Waals surface area (Å²) < 4.78 is 5.13. The number of thiol groups is 1. The van der Waals surface area contributed by atoms with Gasteiger partial charge in [0.1, 0.15) is 17.1 Å². The number of rotatable bonds is 8. The van der Waals surface area contributed by atoms with Gasteiger partial charge in [-0.05, 0) is 65.4 Å². The van der Waals surface area contributed by atoms with E-state index in [9.17, 15) is 9.59 Å². The second-order valence-corrected chi connectivity index (χ2v) is 8.83. The average molecular weight is 507 g/mol. The van der Waals surface area contributed by atoms with Gasteiger partial charge >= 0.3 is 0 Å². The van der Waals surface area contributed by atoms with Crippen LogP contribution in [0.1, 0.15) is 48.5 Å². The van der Waals surface area contributed by atoms with E-state index in [-0.39, 0.29) is 11.2 Å².